The zero-order chi connectivity index (χ0) is 22.7. The molecule has 2 aromatic rings. The number of ketones is 1. The lowest BCUT2D eigenvalue weighted by Crippen LogP contribution is -2.36. The normalized spacial score (nSPS) is 20.6. The molecule has 0 fully saturated rings. The minimum atomic E-state index is -0.550. The maximum absolute atomic E-state index is 13.5. The molecule has 0 radical (unpaired) electrons. The number of phenolic OH excluding ortho intramolecular Hbond substituents is 1. The summed E-state index contributed by atoms with van der Waals surface area (Å²) in [7, 11) is 1.54. The van der Waals surface area contributed by atoms with Crippen LogP contribution < -0.4 is 5.32 Å². The average Bonchev–Trinajstić information content (AvgIpc) is 2.79. The Balaban J connectivity index is 1.74. The van der Waals surface area contributed by atoms with Gasteiger partial charge in [-0.15, -0.1) is 0 Å². The lowest BCUT2D eigenvalue weighted by Gasteiger charge is -2.36. The maximum Gasteiger partial charge on any atom is 0.336 e. The van der Waals surface area contributed by atoms with Crippen LogP contribution in [0.4, 0.5) is 0 Å². The molecule has 2 aromatic carbocycles. The number of dihydropyridines is 1. The molecule has 2 atom stereocenters. The van der Waals surface area contributed by atoms with Gasteiger partial charge in [0.2, 0.25) is 0 Å². The highest BCUT2D eigenvalue weighted by Crippen LogP contribution is 2.45. The van der Waals surface area contributed by atoms with Crippen LogP contribution >= 0.6 is 0 Å². The lowest BCUT2D eigenvalue weighted by molar-refractivity contribution is -0.140. The Morgan fingerprint density at radius 3 is 2.44 bits per heavy atom. The molecule has 6 heteroatoms. The van der Waals surface area contributed by atoms with E-state index in [4.69, 9.17) is 9.47 Å². The van der Waals surface area contributed by atoms with Crippen molar-refractivity contribution in [2.75, 3.05) is 20.3 Å². The van der Waals surface area contributed by atoms with Gasteiger partial charge >= 0.3 is 5.97 Å². The largest absolute Gasteiger partial charge is 0.508 e. The molecule has 1 aliphatic carbocycles. The highest BCUT2D eigenvalue weighted by atomic mass is 16.6. The van der Waals surface area contributed by atoms with Crippen LogP contribution in [0.25, 0.3) is 0 Å². The zero-order valence-corrected chi connectivity index (χ0v) is 18.3. The summed E-state index contributed by atoms with van der Waals surface area (Å²) in [6.07, 6.45) is 1.06. The van der Waals surface area contributed by atoms with Gasteiger partial charge in [-0.2, -0.15) is 0 Å². The monoisotopic (exact) mass is 433 g/mol. The fraction of sp³-hybridized carbons (Fsp3) is 0.308. The van der Waals surface area contributed by atoms with E-state index in [1.54, 1.807) is 31.4 Å². The first-order chi connectivity index (χ1) is 15.5. The van der Waals surface area contributed by atoms with E-state index in [0.29, 0.717) is 36.3 Å². The maximum atomic E-state index is 13.5. The van der Waals surface area contributed by atoms with Gasteiger partial charge in [0, 0.05) is 36.4 Å². The number of nitrogens with one attached hydrogen (secondary N) is 1. The molecule has 1 heterocycles. The number of hydrogen-bond acceptors (Lipinski definition) is 6. The van der Waals surface area contributed by atoms with Gasteiger partial charge in [0.1, 0.15) is 12.4 Å². The smallest absolute Gasteiger partial charge is 0.336 e. The molecule has 0 amide bonds. The Kier molecular flexibility index (Phi) is 6.42. The van der Waals surface area contributed by atoms with Crippen molar-refractivity contribution in [2.24, 2.45) is 0 Å². The summed E-state index contributed by atoms with van der Waals surface area (Å²) < 4.78 is 10.4. The summed E-state index contributed by atoms with van der Waals surface area (Å²) in [6.45, 7) is 2.26. The van der Waals surface area contributed by atoms with E-state index in [-0.39, 0.29) is 24.1 Å². The topological polar surface area (TPSA) is 84.9 Å². The Bertz CT molecular complexity index is 1070. The molecule has 2 aliphatic rings. The average molecular weight is 434 g/mol. The van der Waals surface area contributed by atoms with Crippen LogP contribution in [0.3, 0.4) is 0 Å². The van der Waals surface area contributed by atoms with Crippen LogP contribution in [-0.4, -0.2) is 37.2 Å². The van der Waals surface area contributed by atoms with Crippen molar-refractivity contribution in [3.8, 4) is 5.75 Å². The predicted molar refractivity (Wildman–Crippen MR) is 120 cm³/mol. The first-order valence-electron chi connectivity index (χ1n) is 10.7. The Hall–Kier alpha value is -3.38. The number of aromatic hydroxyl groups is 1. The number of carbonyl (C=O) groups is 2. The minimum Gasteiger partial charge on any atom is -0.508 e. The third kappa shape index (κ3) is 4.32. The Morgan fingerprint density at radius 2 is 1.75 bits per heavy atom. The second kappa shape index (κ2) is 9.40. The van der Waals surface area contributed by atoms with Crippen molar-refractivity contribution in [1.82, 2.24) is 5.32 Å². The van der Waals surface area contributed by atoms with Crippen LogP contribution in [-0.2, 0) is 19.1 Å². The molecule has 2 N–H and O–H groups in total. The first-order valence-corrected chi connectivity index (χ1v) is 10.7. The lowest BCUT2D eigenvalue weighted by atomic mass is 9.72. The van der Waals surface area contributed by atoms with Crippen LogP contribution in [0.2, 0.25) is 0 Å². The molecule has 0 spiro atoms. The van der Waals surface area contributed by atoms with E-state index in [1.807, 2.05) is 37.3 Å². The van der Waals surface area contributed by atoms with Gasteiger partial charge in [-0.3, -0.25) is 4.79 Å². The summed E-state index contributed by atoms with van der Waals surface area (Å²) in [4.78, 5) is 26.5. The fourth-order valence-electron chi connectivity index (χ4n) is 4.57. The van der Waals surface area contributed by atoms with Crippen molar-refractivity contribution in [1.29, 1.82) is 0 Å². The van der Waals surface area contributed by atoms with Gasteiger partial charge in [0.15, 0.2) is 5.78 Å². The van der Waals surface area contributed by atoms with Gasteiger partial charge in [-0.25, -0.2) is 4.79 Å². The third-order valence-corrected chi connectivity index (χ3v) is 6.07. The molecule has 4 rings (SSSR count). The number of ether oxygens (including phenoxy) is 2. The summed E-state index contributed by atoms with van der Waals surface area (Å²) in [5, 5.41) is 13.1. The van der Waals surface area contributed by atoms with Crippen LogP contribution in [0.1, 0.15) is 42.7 Å². The summed E-state index contributed by atoms with van der Waals surface area (Å²) in [5.74, 6) is -0.805. The molecule has 0 saturated carbocycles. The molecule has 0 unspecified atom stereocenters. The number of rotatable bonds is 6. The number of carbonyl (C=O) groups excluding carboxylic acids is 2. The molecule has 1 aliphatic heterocycles. The van der Waals surface area contributed by atoms with E-state index >= 15 is 0 Å². The highest BCUT2D eigenvalue weighted by molar-refractivity contribution is 6.04. The first kappa shape index (κ1) is 21.8. The number of phenols is 1. The van der Waals surface area contributed by atoms with Crippen molar-refractivity contribution in [3.63, 3.8) is 0 Å². The Morgan fingerprint density at radius 1 is 1.03 bits per heavy atom. The van der Waals surface area contributed by atoms with Crippen molar-refractivity contribution in [2.45, 2.75) is 31.6 Å². The molecular formula is C26H27NO5. The molecule has 0 aromatic heterocycles. The SMILES string of the molecule is COCCOC(=O)C1=C(C)NC2=C(C(=O)C[C@H](c3ccccc3)C2)[C@@H]1c1ccc(O)cc1. The van der Waals surface area contributed by atoms with Crippen LogP contribution in [0, 0.1) is 0 Å². The number of allylic oxidation sites excluding steroid dienone is 3. The van der Waals surface area contributed by atoms with E-state index in [9.17, 15) is 14.7 Å². The van der Waals surface area contributed by atoms with E-state index < -0.39 is 11.9 Å². The molecule has 0 bridgehead atoms. The second-order valence-corrected chi connectivity index (χ2v) is 8.15. The summed E-state index contributed by atoms with van der Waals surface area (Å²) in [5.41, 5.74) is 4.43. The number of Topliss-reactive ketones (excluding diaryl/α,β-unsaturated/α-hetero) is 1. The number of esters is 1. The summed E-state index contributed by atoms with van der Waals surface area (Å²) in [6, 6.07) is 16.7. The van der Waals surface area contributed by atoms with Crippen molar-refractivity contribution < 1.29 is 24.2 Å². The molecule has 166 valence electrons. The highest BCUT2D eigenvalue weighted by Gasteiger charge is 2.41. The van der Waals surface area contributed by atoms with Crippen LogP contribution in [0.5, 0.6) is 5.75 Å². The van der Waals surface area contributed by atoms with Gasteiger partial charge in [-0.1, -0.05) is 42.5 Å². The standard InChI is InChI=1S/C26H27NO5/c1-16-23(26(30)32-13-12-31-2)24(18-8-10-20(28)11-9-18)25-21(27-16)14-19(15-22(25)29)17-6-4-3-5-7-17/h3-11,19,24,27-28H,12-15H2,1-2H3/t19-,24-/m1/s1. The van der Waals surface area contributed by atoms with Gasteiger partial charge in [0.25, 0.3) is 0 Å². The third-order valence-electron chi connectivity index (χ3n) is 6.07. The van der Waals surface area contributed by atoms with Crippen LogP contribution in [0.15, 0.2) is 77.1 Å². The molecular weight excluding hydrogens is 406 g/mol. The summed E-state index contributed by atoms with van der Waals surface area (Å²) >= 11 is 0. The molecule has 6 nitrogen and oxygen atoms in total. The zero-order valence-electron chi connectivity index (χ0n) is 18.3. The number of benzene rings is 2. The van der Waals surface area contributed by atoms with Crippen molar-refractivity contribution >= 4 is 11.8 Å². The van der Waals surface area contributed by atoms with Gasteiger partial charge in [0.05, 0.1) is 12.2 Å². The predicted octanol–water partition coefficient (Wildman–Crippen LogP) is 3.94. The van der Waals surface area contributed by atoms with E-state index in [1.165, 1.54) is 0 Å². The van der Waals surface area contributed by atoms with Gasteiger partial charge in [-0.05, 0) is 42.5 Å². The second-order valence-electron chi connectivity index (χ2n) is 8.15. The quantitative estimate of drug-likeness (QED) is 0.530. The van der Waals surface area contributed by atoms with E-state index in [0.717, 1.165) is 16.8 Å². The van der Waals surface area contributed by atoms with Crippen molar-refractivity contribution in [3.05, 3.63) is 88.3 Å². The van der Waals surface area contributed by atoms with E-state index in [2.05, 4.69) is 5.32 Å². The number of hydrogen-bond donors (Lipinski definition) is 2. The minimum absolute atomic E-state index is 0.0142. The fourth-order valence-corrected chi connectivity index (χ4v) is 4.57. The van der Waals surface area contributed by atoms with Gasteiger partial charge < -0.3 is 19.9 Å². The molecule has 0 saturated heterocycles. The number of methoxy groups -OCH3 is 1. The Labute approximate surface area is 187 Å². The molecule has 32 heavy (non-hydrogen) atoms.